The number of hydrogen-bond donors (Lipinski definition) is 2. The third-order valence-corrected chi connectivity index (χ3v) is 4.30. The Morgan fingerprint density at radius 3 is 2.53 bits per heavy atom. The first-order valence-corrected chi connectivity index (χ1v) is 7.63. The summed E-state index contributed by atoms with van der Waals surface area (Å²) in [6.07, 6.45) is 0. The van der Waals surface area contributed by atoms with Crippen LogP contribution in [0.5, 0.6) is 0 Å². The molecule has 0 radical (unpaired) electrons. The average Bonchev–Trinajstić information content (AvgIpc) is 2.37. The maximum absolute atomic E-state index is 11.0. The molecule has 0 bridgehead atoms. The van der Waals surface area contributed by atoms with Crippen LogP contribution in [0.4, 0.5) is 11.4 Å². The van der Waals surface area contributed by atoms with E-state index in [0.717, 1.165) is 36.2 Å². The van der Waals surface area contributed by atoms with Gasteiger partial charge in [-0.2, -0.15) is 8.42 Å². The van der Waals surface area contributed by atoms with Crippen molar-refractivity contribution in [1.82, 2.24) is 5.32 Å². The van der Waals surface area contributed by atoms with E-state index in [9.17, 15) is 8.42 Å². The van der Waals surface area contributed by atoms with Crippen molar-refractivity contribution in [1.29, 1.82) is 0 Å². The Bertz CT molecular complexity index is 558. The fourth-order valence-corrected chi connectivity index (χ4v) is 2.66. The van der Waals surface area contributed by atoms with Gasteiger partial charge in [0.15, 0.2) is 0 Å². The lowest BCUT2D eigenvalue weighted by Gasteiger charge is -2.30. The molecule has 0 aromatic heterocycles. The highest BCUT2D eigenvalue weighted by atomic mass is 35.5. The number of nitrogens with one attached hydrogen (secondary N) is 1. The topological polar surface area (TPSA) is 72.9 Å². The molecule has 106 valence electrons. The number of halogens is 1. The van der Waals surface area contributed by atoms with Crippen LogP contribution in [0.2, 0.25) is 5.02 Å². The van der Waals surface area contributed by atoms with Crippen molar-refractivity contribution in [2.45, 2.75) is 0 Å². The first kappa shape index (κ1) is 14.4. The zero-order chi connectivity index (χ0) is 14.0. The van der Waals surface area contributed by atoms with E-state index in [2.05, 4.69) is 10.2 Å². The van der Waals surface area contributed by atoms with Crippen molar-refractivity contribution in [3.63, 3.8) is 0 Å². The summed E-state index contributed by atoms with van der Waals surface area (Å²) in [5, 5.41) is 3.72. The molecule has 19 heavy (non-hydrogen) atoms. The van der Waals surface area contributed by atoms with E-state index in [-0.39, 0.29) is 0 Å². The summed E-state index contributed by atoms with van der Waals surface area (Å²) in [7, 11) is -2.99. The molecule has 1 heterocycles. The van der Waals surface area contributed by atoms with Gasteiger partial charge in [0.25, 0.3) is 0 Å². The Labute approximate surface area is 117 Å². The highest BCUT2D eigenvalue weighted by molar-refractivity contribution is 7.87. The van der Waals surface area contributed by atoms with Gasteiger partial charge in [0.05, 0.1) is 16.4 Å². The molecule has 8 heteroatoms. The van der Waals surface area contributed by atoms with Crippen LogP contribution < -0.4 is 14.5 Å². The van der Waals surface area contributed by atoms with Crippen molar-refractivity contribution in [3.05, 3.63) is 23.2 Å². The van der Waals surface area contributed by atoms with Gasteiger partial charge in [-0.15, -0.1) is 0 Å². The van der Waals surface area contributed by atoms with Gasteiger partial charge >= 0.3 is 10.3 Å². The molecule has 1 saturated heterocycles. The van der Waals surface area contributed by atoms with Crippen LogP contribution in [0.25, 0.3) is 0 Å². The maximum Gasteiger partial charge on any atom is 0.359 e. The van der Waals surface area contributed by atoms with Crippen molar-refractivity contribution in [2.75, 3.05) is 42.4 Å². The molecule has 0 unspecified atom stereocenters. The van der Waals surface area contributed by atoms with Gasteiger partial charge in [-0.05, 0) is 18.2 Å². The number of rotatable bonds is 3. The molecule has 1 fully saturated rings. The molecule has 1 aromatic carbocycles. The van der Waals surface area contributed by atoms with Crippen LogP contribution in [-0.2, 0) is 10.3 Å². The molecule has 0 aliphatic carbocycles. The van der Waals surface area contributed by atoms with E-state index in [1.807, 2.05) is 0 Å². The van der Waals surface area contributed by atoms with Crippen molar-refractivity contribution < 1.29 is 13.0 Å². The van der Waals surface area contributed by atoms with Gasteiger partial charge in [-0.1, -0.05) is 11.6 Å². The van der Waals surface area contributed by atoms with Crippen LogP contribution in [0, 0.1) is 0 Å². The molecule has 0 amide bonds. The fraction of sp³-hybridized carbons (Fsp3) is 0.455. The lowest BCUT2D eigenvalue weighted by molar-refractivity contribution is 0.481. The van der Waals surface area contributed by atoms with Crippen LogP contribution in [0.1, 0.15) is 0 Å². The second-order valence-corrected chi connectivity index (χ2v) is 6.17. The summed E-state index contributed by atoms with van der Waals surface area (Å²) in [6.45, 7) is 3.49. The van der Waals surface area contributed by atoms with E-state index in [0.29, 0.717) is 10.7 Å². The molecular formula is C11H16ClN3O3S. The largest absolute Gasteiger partial charge is 0.368 e. The number of anilines is 2. The third-order valence-electron chi connectivity index (χ3n) is 3.10. The lowest BCUT2D eigenvalue weighted by atomic mass is 10.2. The van der Waals surface area contributed by atoms with E-state index in [4.69, 9.17) is 16.2 Å². The van der Waals surface area contributed by atoms with Crippen LogP contribution >= 0.6 is 11.6 Å². The zero-order valence-corrected chi connectivity index (χ0v) is 12.1. The van der Waals surface area contributed by atoms with Gasteiger partial charge in [0, 0.05) is 33.2 Å². The SMILES string of the molecule is CN(c1ccc(N2CCNCC2)c(Cl)c1)S(=O)(=O)O. The Kier molecular flexibility index (Phi) is 4.19. The van der Waals surface area contributed by atoms with E-state index in [1.54, 1.807) is 12.1 Å². The molecule has 1 aliphatic heterocycles. The molecule has 0 saturated carbocycles. The first-order chi connectivity index (χ1) is 8.89. The van der Waals surface area contributed by atoms with E-state index in [1.165, 1.54) is 13.1 Å². The monoisotopic (exact) mass is 305 g/mol. The highest BCUT2D eigenvalue weighted by Crippen LogP contribution is 2.30. The molecule has 1 aliphatic rings. The minimum atomic E-state index is -4.26. The van der Waals surface area contributed by atoms with Gasteiger partial charge in [0.1, 0.15) is 0 Å². The van der Waals surface area contributed by atoms with Crippen molar-refractivity contribution in [2.24, 2.45) is 0 Å². The lowest BCUT2D eigenvalue weighted by Crippen LogP contribution is -2.43. The molecule has 2 N–H and O–H groups in total. The van der Waals surface area contributed by atoms with Gasteiger partial charge < -0.3 is 10.2 Å². The summed E-state index contributed by atoms with van der Waals surface area (Å²) in [5.41, 5.74) is 1.20. The predicted molar refractivity (Wildman–Crippen MR) is 76.5 cm³/mol. The Morgan fingerprint density at radius 1 is 1.37 bits per heavy atom. The molecule has 0 spiro atoms. The number of benzene rings is 1. The van der Waals surface area contributed by atoms with Gasteiger partial charge in [-0.3, -0.25) is 8.86 Å². The second-order valence-electron chi connectivity index (χ2n) is 4.32. The quantitative estimate of drug-likeness (QED) is 0.815. The minimum Gasteiger partial charge on any atom is -0.368 e. The Morgan fingerprint density at radius 2 is 2.00 bits per heavy atom. The molecule has 0 atom stereocenters. The van der Waals surface area contributed by atoms with Crippen LogP contribution in [0.15, 0.2) is 18.2 Å². The molecule has 1 aromatic rings. The molecule has 2 rings (SSSR count). The Hall–Kier alpha value is -1.02. The fourth-order valence-electron chi connectivity index (χ4n) is 1.99. The molecule has 6 nitrogen and oxygen atoms in total. The van der Waals surface area contributed by atoms with Crippen molar-refractivity contribution in [3.8, 4) is 0 Å². The third kappa shape index (κ3) is 3.30. The standard InChI is InChI=1S/C11H16ClN3O3S/c1-14(19(16,17)18)9-2-3-11(10(12)8-9)15-6-4-13-5-7-15/h2-3,8,13H,4-7H2,1H3,(H,16,17,18). The van der Waals surface area contributed by atoms with E-state index >= 15 is 0 Å². The first-order valence-electron chi connectivity index (χ1n) is 5.86. The maximum atomic E-state index is 11.0. The average molecular weight is 306 g/mol. The smallest absolute Gasteiger partial charge is 0.359 e. The summed E-state index contributed by atoms with van der Waals surface area (Å²) in [5.74, 6) is 0. The predicted octanol–water partition coefficient (Wildman–Crippen LogP) is 0.989. The van der Waals surface area contributed by atoms with Crippen LogP contribution in [-0.4, -0.2) is 46.2 Å². The van der Waals surface area contributed by atoms with Gasteiger partial charge in [-0.25, -0.2) is 0 Å². The number of piperazine rings is 1. The van der Waals surface area contributed by atoms with Gasteiger partial charge in [0.2, 0.25) is 0 Å². The number of nitrogens with zero attached hydrogens (tertiary/aromatic N) is 2. The highest BCUT2D eigenvalue weighted by Gasteiger charge is 2.18. The normalized spacial score (nSPS) is 16.5. The van der Waals surface area contributed by atoms with Crippen LogP contribution in [0.3, 0.4) is 0 Å². The summed E-state index contributed by atoms with van der Waals surface area (Å²) >= 11 is 6.19. The number of hydrogen-bond acceptors (Lipinski definition) is 4. The summed E-state index contributed by atoms with van der Waals surface area (Å²) in [4.78, 5) is 2.13. The second kappa shape index (κ2) is 5.54. The zero-order valence-electron chi connectivity index (χ0n) is 10.5. The summed E-state index contributed by atoms with van der Waals surface area (Å²) in [6, 6.07) is 4.92. The van der Waals surface area contributed by atoms with E-state index < -0.39 is 10.3 Å². The van der Waals surface area contributed by atoms with Crippen molar-refractivity contribution >= 4 is 33.3 Å². The summed E-state index contributed by atoms with van der Waals surface area (Å²) < 4.78 is 31.9. The Balaban J connectivity index is 2.26. The minimum absolute atomic E-state index is 0.325. The molecular weight excluding hydrogens is 290 g/mol.